The number of carbonyl (C=O) groups is 1. The summed E-state index contributed by atoms with van der Waals surface area (Å²) < 4.78 is 23.2. The number of quaternary nitrogens is 1. The Morgan fingerprint density at radius 2 is 1.15 bits per heavy atom. The van der Waals surface area contributed by atoms with Crippen molar-refractivity contribution < 1.29 is 32.9 Å². The van der Waals surface area contributed by atoms with E-state index in [4.69, 9.17) is 9.05 Å². The number of unbranched alkanes of at least 4 members (excludes halogenated alkanes) is 17. The molecule has 0 saturated carbocycles. The Morgan fingerprint density at radius 1 is 0.679 bits per heavy atom. The van der Waals surface area contributed by atoms with Crippen LogP contribution in [0.3, 0.4) is 0 Å². The van der Waals surface area contributed by atoms with E-state index in [1.807, 2.05) is 21.1 Å². The highest BCUT2D eigenvalue weighted by Gasteiger charge is 2.24. The van der Waals surface area contributed by atoms with E-state index in [1.54, 1.807) is 0 Å². The third-order valence-corrected chi connectivity index (χ3v) is 10.3. The van der Waals surface area contributed by atoms with Crippen LogP contribution >= 0.6 is 7.82 Å². The van der Waals surface area contributed by atoms with Crippen molar-refractivity contribution in [1.82, 2.24) is 5.32 Å². The molecular weight excluding hydrogens is 683 g/mol. The minimum atomic E-state index is -4.57. The fourth-order valence-corrected chi connectivity index (χ4v) is 6.63. The summed E-state index contributed by atoms with van der Waals surface area (Å²) >= 11 is 0. The fraction of sp³-hybridized carbons (Fsp3) is 0.795. The minimum absolute atomic E-state index is 0.00515. The molecule has 0 saturated heterocycles. The van der Waals surface area contributed by atoms with Crippen molar-refractivity contribution in [2.45, 2.75) is 187 Å². The second-order valence-electron chi connectivity index (χ2n) is 15.7. The van der Waals surface area contributed by atoms with E-state index in [-0.39, 0.29) is 19.1 Å². The zero-order valence-corrected chi connectivity index (χ0v) is 35.8. The van der Waals surface area contributed by atoms with E-state index in [2.05, 4.69) is 67.8 Å². The lowest BCUT2D eigenvalue weighted by Crippen LogP contribution is -2.46. The smallest absolute Gasteiger partial charge is 0.268 e. The first-order valence-electron chi connectivity index (χ1n) is 21.5. The molecule has 0 aliphatic rings. The predicted octanol–water partition coefficient (Wildman–Crippen LogP) is 11.1. The van der Waals surface area contributed by atoms with Crippen LogP contribution in [0.25, 0.3) is 0 Å². The van der Waals surface area contributed by atoms with E-state index in [9.17, 15) is 19.4 Å². The van der Waals surface area contributed by atoms with E-state index in [0.29, 0.717) is 23.9 Å². The Labute approximate surface area is 327 Å². The first-order chi connectivity index (χ1) is 25.5. The summed E-state index contributed by atoms with van der Waals surface area (Å²) in [5.41, 5.74) is 0. The van der Waals surface area contributed by atoms with Crippen LogP contribution in [-0.4, -0.2) is 68.5 Å². The fourth-order valence-electron chi connectivity index (χ4n) is 5.91. The molecule has 0 fully saturated rings. The Balaban J connectivity index is 4.45. The van der Waals surface area contributed by atoms with Crippen molar-refractivity contribution in [3.05, 3.63) is 48.6 Å². The van der Waals surface area contributed by atoms with Crippen LogP contribution < -0.4 is 10.2 Å². The molecule has 310 valence electrons. The zero-order valence-electron chi connectivity index (χ0n) is 35.0. The van der Waals surface area contributed by atoms with Gasteiger partial charge in [0.05, 0.1) is 39.9 Å². The van der Waals surface area contributed by atoms with Gasteiger partial charge in [-0.2, -0.15) is 0 Å². The third kappa shape index (κ3) is 38.5. The quantitative estimate of drug-likeness (QED) is 0.0280. The topological polar surface area (TPSA) is 108 Å². The van der Waals surface area contributed by atoms with Gasteiger partial charge in [0.2, 0.25) is 5.91 Å². The molecule has 1 amide bonds. The molecule has 0 rings (SSSR count). The summed E-state index contributed by atoms with van der Waals surface area (Å²) in [7, 11) is 1.28. The van der Waals surface area contributed by atoms with Gasteiger partial charge >= 0.3 is 0 Å². The molecule has 0 aliphatic carbocycles. The molecule has 8 nitrogen and oxygen atoms in total. The van der Waals surface area contributed by atoms with Gasteiger partial charge in [0.1, 0.15) is 13.2 Å². The number of likely N-dealkylation sites (N-methyl/N-ethyl adjacent to an activating group) is 1. The van der Waals surface area contributed by atoms with Gasteiger partial charge in [0.15, 0.2) is 0 Å². The molecule has 0 bridgehead atoms. The standard InChI is InChI=1S/C44H83N2O6P/c1-6-8-10-12-14-16-18-20-22-23-24-26-28-30-32-34-36-38-44(48)45-42(41-52-53(49,50)51-40-39-46(3,4)5)43(47)37-35-33-31-29-27-25-21-19-17-15-13-11-9-7-2/h8,10,14,16,20,22,24,26,42-43,47H,6-7,9,11-13,15,17-19,21,23,25,27-41H2,1-5H3,(H-,45,48,49,50)/b10-8-,16-14-,22-20-,26-24-. The maximum Gasteiger partial charge on any atom is 0.268 e. The van der Waals surface area contributed by atoms with Gasteiger partial charge < -0.3 is 28.8 Å². The molecular formula is C44H83N2O6P. The van der Waals surface area contributed by atoms with Crippen molar-refractivity contribution in [1.29, 1.82) is 0 Å². The molecule has 0 radical (unpaired) electrons. The van der Waals surface area contributed by atoms with Crippen molar-refractivity contribution in [3.63, 3.8) is 0 Å². The van der Waals surface area contributed by atoms with Gasteiger partial charge in [-0.15, -0.1) is 0 Å². The Hall–Kier alpha value is -1.54. The number of phosphoric ester groups is 1. The van der Waals surface area contributed by atoms with E-state index in [1.165, 1.54) is 70.6 Å². The number of nitrogens with one attached hydrogen (secondary N) is 1. The monoisotopic (exact) mass is 767 g/mol. The number of rotatable bonds is 38. The highest BCUT2D eigenvalue weighted by molar-refractivity contribution is 7.45. The van der Waals surface area contributed by atoms with Crippen molar-refractivity contribution in [2.75, 3.05) is 40.9 Å². The maximum atomic E-state index is 12.8. The molecule has 0 aromatic carbocycles. The summed E-state index contributed by atoms with van der Waals surface area (Å²) in [6.07, 6.45) is 43.9. The first kappa shape index (κ1) is 51.5. The Bertz CT molecular complexity index is 1010. The summed E-state index contributed by atoms with van der Waals surface area (Å²) in [6, 6.07) is -0.813. The molecule has 0 aromatic heterocycles. The van der Waals surface area contributed by atoms with Gasteiger partial charge in [0, 0.05) is 6.42 Å². The molecule has 53 heavy (non-hydrogen) atoms. The lowest BCUT2D eigenvalue weighted by molar-refractivity contribution is -0.870. The van der Waals surface area contributed by atoms with Gasteiger partial charge in [-0.1, -0.05) is 165 Å². The summed E-state index contributed by atoms with van der Waals surface area (Å²) in [5.74, 6) is -0.191. The minimum Gasteiger partial charge on any atom is -0.756 e. The number of allylic oxidation sites excluding steroid dienone is 8. The van der Waals surface area contributed by atoms with Crippen LogP contribution in [0.5, 0.6) is 0 Å². The highest BCUT2D eigenvalue weighted by Crippen LogP contribution is 2.38. The third-order valence-electron chi connectivity index (χ3n) is 9.33. The van der Waals surface area contributed by atoms with Crippen LogP contribution in [-0.2, 0) is 18.4 Å². The first-order valence-corrected chi connectivity index (χ1v) is 22.9. The summed E-state index contributed by atoms with van der Waals surface area (Å²) in [4.78, 5) is 25.3. The lowest BCUT2D eigenvalue weighted by Gasteiger charge is -2.30. The van der Waals surface area contributed by atoms with Crippen LogP contribution in [0.2, 0.25) is 0 Å². The van der Waals surface area contributed by atoms with Crippen molar-refractivity contribution in [2.24, 2.45) is 0 Å². The van der Waals surface area contributed by atoms with Crippen LogP contribution in [0, 0.1) is 0 Å². The number of carbonyl (C=O) groups excluding carboxylic acids is 1. The highest BCUT2D eigenvalue weighted by atomic mass is 31.2. The van der Waals surface area contributed by atoms with Gasteiger partial charge in [0.25, 0.3) is 7.82 Å². The predicted molar refractivity (Wildman–Crippen MR) is 224 cm³/mol. The Kier molecular flexibility index (Phi) is 35.1. The maximum absolute atomic E-state index is 12.8. The molecule has 0 aromatic rings. The van der Waals surface area contributed by atoms with Gasteiger partial charge in [-0.05, 0) is 51.4 Å². The Morgan fingerprint density at radius 3 is 1.68 bits per heavy atom. The second kappa shape index (κ2) is 36.1. The molecule has 0 aliphatic heterocycles. The number of hydrogen-bond acceptors (Lipinski definition) is 6. The molecule has 3 unspecified atom stereocenters. The average molecular weight is 767 g/mol. The van der Waals surface area contributed by atoms with Gasteiger partial charge in [-0.3, -0.25) is 9.36 Å². The molecule has 3 atom stereocenters. The molecule has 2 N–H and O–H groups in total. The van der Waals surface area contributed by atoms with Crippen LogP contribution in [0.1, 0.15) is 174 Å². The SMILES string of the molecule is CC/C=C\C/C=C\C/C=C\C/C=C\CCCCCCC(=O)NC(COP(=O)([O-])OCC[N+](C)(C)C)C(O)CCCCCCCCCCCCCCCC. The van der Waals surface area contributed by atoms with Crippen molar-refractivity contribution in [3.8, 4) is 0 Å². The number of aliphatic hydroxyl groups is 1. The second-order valence-corrected chi connectivity index (χ2v) is 17.1. The average Bonchev–Trinajstić information content (AvgIpc) is 3.10. The summed E-state index contributed by atoms with van der Waals surface area (Å²) in [6.45, 7) is 4.57. The van der Waals surface area contributed by atoms with E-state index in [0.717, 1.165) is 77.0 Å². The normalized spacial score (nSPS) is 14.9. The molecule has 9 heteroatoms. The van der Waals surface area contributed by atoms with Gasteiger partial charge in [-0.25, -0.2) is 0 Å². The molecule has 0 spiro atoms. The largest absolute Gasteiger partial charge is 0.756 e. The molecule has 0 heterocycles. The summed E-state index contributed by atoms with van der Waals surface area (Å²) in [5, 5.41) is 13.9. The lowest BCUT2D eigenvalue weighted by atomic mass is 10.0. The number of phosphoric acid groups is 1. The van der Waals surface area contributed by atoms with Crippen LogP contribution in [0.4, 0.5) is 0 Å². The number of aliphatic hydroxyl groups excluding tert-OH is 1. The number of nitrogens with zero attached hydrogens (tertiary/aromatic N) is 1. The van der Waals surface area contributed by atoms with E-state index < -0.39 is 20.0 Å². The number of amides is 1. The number of hydrogen-bond donors (Lipinski definition) is 2. The van der Waals surface area contributed by atoms with Crippen molar-refractivity contribution >= 4 is 13.7 Å². The van der Waals surface area contributed by atoms with E-state index >= 15 is 0 Å². The zero-order chi connectivity index (χ0) is 39.3. The van der Waals surface area contributed by atoms with Crippen LogP contribution in [0.15, 0.2) is 48.6 Å².